The summed E-state index contributed by atoms with van der Waals surface area (Å²) in [4.78, 5) is 0. The Balaban J connectivity index is 1.78. The highest BCUT2D eigenvalue weighted by Gasteiger charge is 2.20. The van der Waals surface area contributed by atoms with Gasteiger partial charge < -0.3 is 0 Å². The lowest BCUT2D eigenvalue weighted by atomic mass is 9.90. The monoisotopic (exact) mass is 366 g/mol. The molecule has 0 aliphatic heterocycles. The fraction of sp³-hybridized carbons (Fsp3) is 0.286. The normalized spacial score (nSPS) is 12.8. The third kappa shape index (κ3) is 3.83. The van der Waals surface area contributed by atoms with Crippen LogP contribution >= 0.6 is 0 Å². The number of unbranched alkanes of at least 4 members (excludes halogenated alkanes) is 2. The van der Waals surface area contributed by atoms with Crippen molar-refractivity contribution in [3.8, 4) is 22.3 Å². The fourth-order valence-electron chi connectivity index (χ4n) is 4.25. The van der Waals surface area contributed by atoms with Gasteiger partial charge in [0.05, 0.1) is 0 Å². The number of hydrogen-bond donors (Lipinski definition) is 0. The van der Waals surface area contributed by atoms with Crippen LogP contribution < -0.4 is 0 Å². The Kier molecular flexibility index (Phi) is 5.48. The zero-order valence-corrected chi connectivity index (χ0v) is 17.4. The van der Waals surface area contributed by atoms with Gasteiger partial charge in [0, 0.05) is 0 Å². The number of fused-ring (bicyclic) bond motifs is 1. The van der Waals surface area contributed by atoms with E-state index in [4.69, 9.17) is 0 Å². The molecule has 0 bridgehead atoms. The first kappa shape index (κ1) is 18.7. The number of allylic oxidation sites excluding steroid dienone is 1. The Hall–Kier alpha value is -2.60. The number of rotatable bonds is 6. The number of benzene rings is 3. The maximum atomic E-state index is 2.48. The first-order valence-electron chi connectivity index (χ1n) is 10.6. The predicted octanol–water partition coefficient (Wildman–Crippen LogP) is 8.16. The Morgan fingerprint density at radius 2 is 1.25 bits per heavy atom. The van der Waals surface area contributed by atoms with E-state index in [1.165, 1.54) is 70.2 Å². The highest BCUT2D eigenvalue weighted by atomic mass is 14.2. The van der Waals surface area contributed by atoms with E-state index < -0.39 is 0 Å². The predicted molar refractivity (Wildman–Crippen MR) is 123 cm³/mol. The molecule has 0 spiro atoms. The summed E-state index contributed by atoms with van der Waals surface area (Å²) in [5.41, 5.74) is 12.6. The van der Waals surface area contributed by atoms with Crippen molar-refractivity contribution in [1.29, 1.82) is 0 Å². The summed E-state index contributed by atoms with van der Waals surface area (Å²) in [6.45, 7) is 6.59. The summed E-state index contributed by atoms with van der Waals surface area (Å²) >= 11 is 0. The molecule has 0 unspecified atom stereocenters. The van der Waals surface area contributed by atoms with E-state index >= 15 is 0 Å². The number of hydrogen-bond acceptors (Lipinski definition) is 0. The van der Waals surface area contributed by atoms with Crippen LogP contribution in [0, 0.1) is 13.8 Å². The van der Waals surface area contributed by atoms with Crippen molar-refractivity contribution < 1.29 is 0 Å². The minimum absolute atomic E-state index is 1.10. The molecule has 0 nitrogen and oxygen atoms in total. The highest BCUT2D eigenvalue weighted by Crippen LogP contribution is 2.41. The molecule has 0 radical (unpaired) electrons. The van der Waals surface area contributed by atoms with Gasteiger partial charge in [-0.05, 0) is 66.5 Å². The van der Waals surface area contributed by atoms with Crippen LogP contribution in [-0.4, -0.2) is 0 Å². The molecule has 3 aromatic carbocycles. The quantitative estimate of drug-likeness (QED) is 0.386. The third-order valence-electron chi connectivity index (χ3n) is 5.94. The molecule has 1 aliphatic carbocycles. The van der Waals surface area contributed by atoms with Crippen molar-refractivity contribution in [2.45, 2.75) is 52.9 Å². The summed E-state index contributed by atoms with van der Waals surface area (Å²) in [6.07, 6.45) is 8.71. The third-order valence-corrected chi connectivity index (χ3v) is 5.94. The average Bonchev–Trinajstić information content (AvgIpc) is 3.13. The van der Waals surface area contributed by atoms with Crippen LogP contribution in [0.15, 0.2) is 66.2 Å². The number of aryl methyl sites for hydroxylation is 2. The molecule has 0 atom stereocenters. The molecule has 0 saturated heterocycles. The van der Waals surface area contributed by atoms with Crippen LogP contribution in [0.5, 0.6) is 0 Å². The van der Waals surface area contributed by atoms with Gasteiger partial charge in [-0.25, -0.2) is 0 Å². The molecule has 0 amide bonds. The minimum atomic E-state index is 1.10. The van der Waals surface area contributed by atoms with Gasteiger partial charge in [-0.15, -0.1) is 0 Å². The van der Waals surface area contributed by atoms with Gasteiger partial charge in [0.25, 0.3) is 0 Å². The topological polar surface area (TPSA) is 0 Å². The zero-order valence-electron chi connectivity index (χ0n) is 17.4. The van der Waals surface area contributed by atoms with Crippen molar-refractivity contribution >= 4 is 6.08 Å². The Morgan fingerprint density at radius 1 is 0.679 bits per heavy atom. The summed E-state index contributed by atoms with van der Waals surface area (Å²) in [7, 11) is 0. The van der Waals surface area contributed by atoms with Crippen molar-refractivity contribution in [3.63, 3.8) is 0 Å². The van der Waals surface area contributed by atoms with Crippen LogP contribution in [0.2, 0.25) is 0 Å². The van der Waals surface area contributed by atoms with Crippen LogP contribution in [0.4, 0.5) is 0 Å². The van der Waals surface area contributed by atoms with Gasteiger partial charge in [-0.2, -0.15) is 0 Å². The van der Waals surface area contributed by atoms with E-state index in [-0.39, 0.29) is 0 Å². The lowest BCUT2D eigenvalue weighted by Crippen LogP contribution is -1.94. The molecule has 4 rings (SSSR count). The summed E-state index contributed by atoms with van der Waals surface area (Å²) in [5, 5.41) is 0. The summed E-state index contributed by atoms with van der Waals surface area (Å²) < 4.78 is 0. The smallest absolute Gasteiger partial charge is 0.00514 e. The second-order valence-electron chi connectivity index (χ2n) is 8.22. The molecule has 0 fully saturated rings. The van der Waals surface area contributed by atoms with Crippen molar-refractivity contribution in [2.75, 3.05) is 0 Å². The first-order valence-corrected chi connectivity index (χ1v) is 10.6. The van der Waals surface area contributed by atoms with Crippen molar-refractivity contribution in [3.05, 3.63) is 88.5 Å². The highest BCUT2D eigenvalue weighted by molar-refractivity contribution is 5.87. The maximum Gasteiger partial charge on any atom is -0.00514 e. The van der Waals surface area contributed by atoms with Crippen molar-refractivity contribution in [1.82, 2.24) is 0 Å². The lowest BCUT2D eigenvalue weighted by molar-refractivity contribution is 0.709. The lowest BCUT2D eigenvalue weighted by Gasteiger charge is -2.14. The van der Waals surface area contributed by atoms with E-state index in [9.17, 15) is 0 Å². The standard InChI is InChI=1S/C28H30/c1-4-5-6-7-22-18-27-25(23-12-8-20(2)9-13-23)16-17-26(28(27)19-22)24-14-10-21(3)11-15-24/h8-18H,4-7,19H2,1-3H3. The molecular weight excluding hydrogens is 336 g/mol. The molecule has 0 aromatic heterocycles. The van der Waals surface area contributed by atoms with Crippen LogP contribution in [0.25, 0.3) is 28.3 Å². The second kappa shape index (κ2) is 8.19. The summed E-state index contributed by atoms with van der Waals surface area (Å²) in [5.74, 6) is 0. The van der Waals surface area contributed by atoms with E-state index in [2.05, 4.69) is 87.5 Å². The maximum absolute atomic E-state index is 2.48. The van der Waals surface area contributed by atoms with E-state index in [0.29, 0.717) is 0 Å². The molecular formula is C28H30. The minimum Gasteiger partial charge on any atom is -0.0654 e. The molecule has 0 heterocycles. The van der Waals surface area contributed by atoms with E-state index in [1.54, 1.807) is 5.57 Å². The second-order valence-corrected chi connectivity index (χ2v) is 8.22. The van der Waals surface area contributed by atoms with Gasteiger partial charge >= 0.3 is 0 Å². The van der Waals surface area contributed by atoms with E-state index in [1.807, 2.05) is 0 Å². The van der Waals surface area contributed by atoms with Gasteiger partial charge in [0.2, 0.25) is 0 Å². The summed E-state index contributed by atoms with van der Waals surface area (Å²) in [6, 6.07) is 22.6. The Bertz CT molecular complexity index is 985. The van der Waals surface area contributed by atoms with Crippen LogP contribution in [0.3, 0.4) is 0 Å². The Labute approximate surface area is 169 Å². The average molecular weight is 367 g/mol. The van der Waals surface area contributed by atoms with Gasteiger partial charge in [-0.1, -0.05) is 103 Å². The molecule has 0 N–H and O–H groups in total. The van der Waals surface area contributed by atoms with Gasteiger partial charge in [0.15, 0.2) is 0 Å². The van der Waals surface area contributed by atoms with E-state index in [0.717, 1.165) is 6.42 Å². The Morgan fingerprint density at radius 3 is 1.86 bits per heavy atom. The van der Waals surface area contributed by atoms with Crippen molar-refractivity contribution in [2.24, 2.45) is 0 Å². The molecule has 1 aliphatic rings. The SMILES string of the molecule is CCCCCC1=Cc2c(-c3ccc(C)cc3)ccc(-c3ccc(C)cc3)c2C1. The van der Waals surface area contributed by atoms with Gasteiger partial charge in [0.1, 0.15) is 0 Å². The molecule has 0 saturated carbocycles. The molecule has 142 valence electrons. The first-order chi connectivity index (χ1) is 13.7. The van der Waals surface area contributed by atoms with Gasteiger partial charge in [-0.3, -0.25) is 0 Å². The fourth-order valence-corrected chi connectivity index (χ4v) is 4.25. The molecule has 0 heteroatoms. The van der Waals surface area contributed by atoms with Crippen LogP contribution in [0.1, 0.15) is 54.9 Å². The largest absolute Gasteiger partial charge is 0.0654 e. The zero-order chi connectivity index (χ0) is 19.5. The van der Waals surface area contributed by atoms with Crippen LogP contribution in [-0.2, 0) is 6.42 Å². The molecule has 28 heavy (non-hydrogen) atoms. The molecule has 3 aromatic rings.